The quantitative estimate of drug-likeness (QED) is 0.564. The van der Waals surface area contributed by atoms with Crippen LogP contribution in [-0.2, 0) is 12.5 Å². The minimum Gasteiger partial charge on any atom is -0.388 e. The van der Waals surface area contributed by atoms with Crippen LogP contribution in [0.25, 0.3) is 0 Å². The van der Waals surface area contributed by atoms with E-state index in [1.165, 1.54) is 7.11 Å². The normalized spacial score (nSPS) is 38.6. The zero-order chi connectivity index (χ0) is 13.0. The highest BCUT2D eigenvalue weighted by Crippen LogP contribution is 2.34. The molecule has 0 aliphatic carbocycles. The first-order valence-corrected chi connectivity index (χ1v) is 7.20. The molecule has 1 fully saturated rings. The van der Waals surface area contributed by atoms with Crippen LogP contribution in [0.4, 0.5) is 0 Å². The number of ether oxygens (including phenoxy) is 2. The zero-order valence-corrected chi connectivity index (χ0v) is 13.1. The Morgan fingerprint density at radius 2 is 2.12 bits per heavy atom. The first kappa shape index (κ1) is 15.9. The van der Waals surface area contributed by atoms with Crippen molar-refractivity contribution >= 4 is 35.0 Å². The van der Waals surface area contributed by atoms with Crippen molar-refractivity contribution in [3.05, 3.63) is 0 Å². The van der Waals surface area contributed by atoms with Gasteiger partial charge in [-0.1, -0.05) is 13.8 Å². The third kappa shape index (κ3) is 3.92. The molecule has 1 saturated heterocycles. The molecule has 5 unspecified atom stereocenters. The van der Waals surface area contributed by atoms with Crippen LogP contribution in [0.5, 0.6) is 0 Å². The Labute approximate surface area is 120 Å². The van der Waals surface area contributed by atoms with Crippen LogP contribution >= 0.6 is 35.0 Å². The van der Waals surface area contributed by atoms with E-state index in [1.807, 2.05) is 0 Å². The molecule has 5 nitrogen and oxygen atoms in total. The van der Waals surface area contributed by atoms with Gasteiger partial charge >= 0.3 is 0 Å². The molecule has 1 heterocycles. The van der Waals surface area contributed by atoms with Crippen LogP contribution in [0.15, 0.2) is 0 Å². The van der Waals surface area contributed by atoms with E-state index >= 15 is 0 Å². The van der Waals surface area contributed by atoms with Gasteiger partial charge in [0.05, 0.1) is 6.10 Å². The van der Waals surface area contributed by atoms with E-state index in [1.54, 1.807) is 23.0 Å². The van der Waals surface area contributed by atoms with Gasteiger partial charge in [-0.05, 0) is 24.4 Å². The van der Waals surface area contributed by atoms with Crippen LogP contribution in [-0.4, -0.2) is 46.6 Å². The van der Waals surface area contributed by atoms with Crippen molar-refractivity contribution in [2.24, 2.45) is 5.92 Å². The predicted octanol–water partition coefficient (Wildman–Crippen LogP) is 2.07. The van der Waals surface area contributed by atoms with E-state index in [0.29, 0.717) is 18.0 Å². The number of aliphatic hydroxyl groups is 1. The molecule has 0 aromatic carbocycles. The molecule has 7 heteroatoms. The second-order valence-electron chi connectivity index (χ2n) is 4.52. The van der Waals surface area contributed by atoms with Gasteiger partial charge in [0.15, 0.2) is 6.29 Å². The molecule has 0 aromatic rings. The van der Waals surface area contributed by atoms with Crippen molar-refractivity contribution in [3.8, 4) is 0 Å². The summed E-state index contributed by atoms with van der Waals surface area (Å²) in [6.07, 6.45) is -1.45. The first-order chi connectivity index (χ1) is 8.04. The third-order valence-electron chi connectivity index (χ3n) is 2.78. The van der Waals surface area contributed by atoms with Gasteiger partial charge in [0.1, 0.15) is 40.5 Å². The second kappa shape index (κ2) is 7.46. The maximum atomic E-state index is 10.2. The fourth-order valence-corrected chi connectivity index (χ4v) is 3.38. The van der Waals surface area contributed by atoms with Crippen LogP contribution in [0, 0.1) is 5.92 Å². The average molecular weight is 378 g/mol. The molecule has 1 rings (SSSR count). The van der Waals surface area contributed by atoms with E-state index in [0.717, 1.165) is 6.42 Å². The summed E-state index contributed by atoms with van der Waals surface area (Å²) in [6.45, 7) is 4.12. The van der Waals surface area contributed by atoms with Crippen LogP contribution < -0.4 is 0 Å². The molecule has 0 saturated carbocycles. The molecule has 102 valence electrons. The molecular formula is C10H19IO5S. The second-order valence-corrected chi connectivity index (χ2v) is 5.79. The highest BCUT2D eigenvalue weighted by Gasteiger charge is 2.46. The molecule has 1 aliphatic rings. The lowest BCUT2D eigenvalue weighted by Gasteiger charge is -2.42. The van der Waals surface area contributed by atoms with Crippen LogP contribution in [0.1, 0.15) is 20.3 Å². The number of hydrogen-bond acceptors (Lipinski definition) is 6. The monoisotopic (exact) mass is 378 g/mol. The van der Waals surface area contributed by atoms with Crippen molar-refractivity contribution in [2.75, 3.05) is 7.11 Å². The Balaban J connectivity index is 2.78. The van der Waals surface area contributed by atoms with E-state index in [4.69, 9.17) is 12.5 Å². The third-order valence-corrected chi connectivity index (χ3v) is 4.10. The Kier molecular flexibility index (Phi) is 7.00. The highest BCUT2D eigenvalue weighted by atomic mass is 127. The summed E-state index contributed by atoms with van der Waals surface area (Å²) in [4.78, 5) is 0. The molecule has 0 spiro atoms. The summed E-state index contributed by atoms with van der Waals surface area (Å²) in [5.74, 6) is 0.403. The van der Waals surface area contributed by atoms with E-state index in [2.05, 4.69) is 13.8 Å². The fraction of sp³-hybridized carbons (Fsp3) is 1.00. The van der Waals surface area contributed by atoms with E-state index in [9.17, 15) is 9.66 Å². The Morgan fingerprint density at radius 3 is 2.53 bits per heavy atom. The van der Waals surface area contributed by atoms with Gasteiger partial charge in [-0.25, -0.2) is 0 Å². The number of aliphatic hydroxyl groups excluding tert-OH is 1. The number of methoxy groups -OCH3 is 1. The Morgan fingerprint density at radius 1 is 1.47 bits per heavy atom. The minimum absolute atomic E-state index is 0.330. The molecule has 0 bridgehead atoms. The summed E-state index contributed by atoms with van der Waals surface area (Å²) in [7, 11) is 1.52. The number of halogens is 1. The maximum absolute atomic E-state index is 10.2. The molecule has 0 aromatic heterocycles. The number of hydrogen-bond donors (Lipinski definition) is 2. The summed E-state index contributed by atoms with van der Waals surface area (Å²) in [6, 6.07) is 0. The van der Waals surface area contributed by atoms with Gasteiger partial charge in [0.25, 0.3) is 0 Å². The Hall–Kier alpha value is 0.880. The molecule has 17 heavy (non-hydrogen) atoms. The topological polar surface area (TPSA) is 68.2 Å². The van der Waals surface area contributed by atoms with E-state index in [-0.39, 0.29) is 6.10 Å². The van der Waals surface area contributed by atoms with Crippen LogP contribution in [0.3, 0.4) is 0 Å². The summed E-state index contributed by atoms with van der Waals surface area (Å²) in [5.41, 5.74) is 0. The average Bonchev–Trinajstić information content (AvgIpc) is 2.30. The number of rotatable bonds is 5. The van der Waals surface area contributed by atoms with Gasteiger partial charge in [-0.15, -0.1) is 0 Å². The van der Waals surface area contributed by atoms with Gasteiger partial charge < -0.3 is 22.2 Å². The summed E-state index contributed by atoms with van der Waals surface area (Å²) >= 11 is 2.33. The Bertz CT molecular complexity index is 231. The smallest absolute Gasteiger partial charge is 0.174 e. The lowest BCUT2D eigenvalue weighted by atomic mass is 9.94. The first-order valence-electron chi connectivity index (χ1n) is 5.49. The summed E-state index contributed by atoms with van der Waals surface area (Å²) in [5, 5.41) is 9.71. The largest absolute Gasteiger partial charge is 0.388 e. The fourth-order valence-electron chi connectivity index (χ4n) is 1.95. The van der Waals surface area contributed by atoms with E-state index < -0.39 is 23.7 Å². The lowest BCUT2D eigenvalue weighted by Crippen LogP contribution is -2.57. The molecule has 5 atom stereocenters. The van der Waals surface area contributed by atoms with Crippen molar-refractivity contribution < 1.29 is 22.2 Å². The van der Waals surface area contributed by atoms with Gasteiger partial charge in [0, 0.05) is 7.11 Å². The van der Waals surface area contributed by atoms with Crippen molar-refractivity contribution in [1.82, 2.24) is 0 Å². The van der Waals surface area contributed by atoms with Gasteiger partial charge in [-0.2, -0.15) is 0 Å². The van der Waals surface area contributed by atoms with Crippen molar-refractivity contribution in [1.29, 1.82) is 0 Å². The molecular weight excluding hydrogens is 359 g/mol. The zero-order valence-electron chi connectivity index (χ0n) is 10.1. The highest BCUT2D eigenvalue weighted by molar-refractivity contribution is 14.1. The van der Waals surface area contributed by atoms with Crippen molar-refractivity contribution in [2.45, 2.75) is 50.1 Å². The molecule has 1 aliphatic heterocycles. The lowest BCUT2D eigenvalue weighted by molar-refractivity contribution is -0.233. The van der Waals surface area contributed by atoms with Gasteiger partial charge in [-0.3, -0.25) is 0 Å². The molecule has 2 N–H and O–H groups in total. The van der Waals surface area contributed by atoms with Gasteiger partial charge in [0.2, 0.25) is 0 Å². The van der Waals surface area contributed by atoms with Crippen LogP contribution in [0.2, 0.25) is 0 Å². The SMILES string of the molecule is COC1OC(CC(C)C)C(O)C(OI)C1SO. The maximum Gasteiger partial charge on any atom is 0.174 e. The molecule has 0 radical (unpaired) electrons. The minimum atomic E-state index is -0.759. The summed E-state index contributed by atoms with van der Waals surface area (Å²) < 4.78 is 25.3. The van der Waals surface area contributed by atoms with Crippen molar-refractivity contribution in [3.63, 3.8) is 0 Å². The predicted molar refractivity (Wildman–Crippen MR) is 74.0 cm³/mol. The standard InChI is InChI=1S/C10H19IO5S/c1-5(2)4-6-7(12)8(16-11)9(17-13)10(14-3)15-6/h5-10,12-13H,4H2,1-3H3. The molecule has 0 amide bonds.